The van der Waals surface area contributed by atoms with E-state index in [9.17, 15) is 4.79 Å². The molecule has 6 nitrogen and oxygen atoms in total. The number of hydrogen-bond acceptors (Lipinski definition) is 3. The quantitative estimate of drug-likeness (QED) is 0.380. The SMILES string of the molecule is CCN(CC1CCN(C(=NC)NC2CC2C)CC1)C(=O)OC(C)(C)C.I. The first kappa shape index (κ1) is 23.3. The molecular formula is C19H37IN4O2. The fourth-order valence-electron chi connectivity index (χ4n) is 3.28. The van der Waals surface area contributed by atoms with E-state index < -0.39 is 5.60 Å². The number of carbonyl (C=O) groups excluding carboxylic acids is 1. The fourth-order valence-corrected chi connectivity index (χ4v) is 3.28. The molecule has 1 amide bonds. The molecule has 0 aromatic rings. The van der Waals surface area contributed by atoms with Crippen molar-refractivity contribution in [2.24, 2.45) is 16.8 Å². The Morgan fingerprint density at radius 2 is 1.88 bits per heavy atom. The van der Waals surface area contributed by atoms with Gasteiger partial charge in [0.05, 0.1) is 0 Å². The van der Waals surface area contributed by atoms with Crippen molar-refractivity contribution in [1.29, 1.82) is 0 Å². The van der Waals surface area contributed by atoms with E-state index >= 15 is 0 Å². The van der Waals surface area contributed by atoms with E-state index in [2.05, 4.69) is 22.1 Å². The molecule has 2 unspecified atom stereocenters. The lowest BCUT2D eigenvalue weighted by Gasteiger charge is -2.36. The van der Waals surface area contributed by atoms with Gasteiger partial charge in [0.1, 0.15) is 5.60 Å². The lowest BCUT2D eigenvalue weighted by atomic mass is 9.96. The van der Waals surface area contributed by atoms with E-state index in [0.717, 1.165) is 44.4 Å². The number of nitrogens with one attached hydrogen (secondary N) is 1. The summed E-state index contributed by atoms with van der Waals surface area (Å²) in [5.41, 5.74) is -0.439. The normalized spacial score (nSPS) is 23.9. The molecule has 1 N–H and O–H groups in total. The Hall–Kier alpha value is -0.730. The highest BCUT2D eigenvalue weighted by molar-refractivity contribution is 14.0. The average Bonchev–Trinajstić information content (AvgIpc) is 3.24. The van der Waals surface area contributed by atoms with Crippen LogP contribution < -0.4 is 5.32 Å². The van der Waals surface area contributed by atoms with Crippen LogP contribution >= 0.6 is 24.0 Å². The molecule has 1 saturated carbocycles. The third-order valence-corrected chi connectivity index (χ3v) is 5.06. The van der Waals surface area contributed by atoms with Gasteiger partial charge in [-0.1, -0.05) is 6.92 Å². The molecule has 152 valence electrons. The summed E-state index contributed by atoms with van der Waals surface area (Å²) in [4.78, 5) is 20.9. The van der Waals surface area contributed by atoms with Crippen LogP contribution in [0, 0.1) is 11.8 Å². The van der Waals surface area contributed by atoms with Crippen molar-refractivity contribution >= 4 is 36.0 Å². The van der Waals surface area contributed by atoms with Crippen molar-refractivity contribution in [3.8, 4) is 0 Å². The maximum Gasteiger partial charge on any atom is 0.410 e. The van der Waals surface area contributed by atoms with Crippen molar-refractivity contribution in [3.63, 3.8) is 0 Å². The van der Waals surface area contributed by atoms with Gasteiger partial charge in [-0.3, -0.25) is 4.99 Å². The standard InChI is InChI=1S/C19H36N4O2.HI/c1-7-22(18(24)25-19(3,4)5)13-15-8-10-23(11-9-15)17(20-6)21-16-12-14(16)2;/h14-16H,7-13H2,1-6H3,(H,20,21);1H. The van der Waals surface area contributed by atoms with Gasteiger partial charge in [-0.05, 0) is 58.8 Å². The summed E-state index contributed by atoms with van der Waals surface area (Å²) in [7, 11) is 1.86. The van der Waals surface area contributed by atoms with Crippen molar-refractivity contribution in [1.82, 2.24) is 15.1 Å². The van der Waals surface area contributed by atoms with Gasteiger partial charge in [0.25, 0.3) is 0 Å². The molecule has 0 radical (unpaired) electrons. The summed E-state index contributed by atoms with van der Waals surface area (Å²) in [6.07, 6.45) is 3.22. The summed E-state index contributed by atoms with van der Waals surface area (Å²) < 4.78 is 5.52. The van der Waals surface area contributed by atoms with Gasteiger partial charge in [-0.25, -0.2) is 4.79 Å². The van der Waals surface area contributed by atoms with Gasteiger partial charge in [0, 0.05) is 39.3 Å². The van der Waals surface area contributed by atoms with Crippen LogP contribution in [0.2, 0.25) is 0 Å². The zero-order chi connectivity index (χ0) is 18.6. The molecule has 0 aromatic carbocycles. The number of carbonyl (C=O) groups is 1. The first-order valence-electron chi connectivity index (χ1n) is 9.69. The third kappa shape index (κ3) is 7.12. The lowest BCUT2D eigenvalue weighted by molar-refractivity contribution is 0.0214. The topological polar surface area (TPSA) is 57.2 Å². The van der Waals surface area contributed by atoms with Gasteiger partial charge >= 0.3 is 6.09 Å². The number of guanidine groups is 1. The Bertz CT molecular complexity index is 484. The number of amides is 1. The van der Waals surface area contributed by atoms with Crippen LogP contribution in [0.15, 0.2) is 4.99 Å². The molecule has 0 spiro atoms. The minimum Gasteiger partial charge on any atom is -0.444 e. The van der Waals surface area contributed by atoms with Crippen molar-refractivity contribution < 1.29 is 9.53 Å². The maximum absolute atomic E-state index is 12.3. The number of likely N-dealkylation sites (tertiary alicyclic amines) is 1. The zero-order valence-electron chi connectivity index (χ0n) is 17.2. The van der Waals surface area contributed by atoms with E-state index in [-0.39, 0.29) is 30.1 Å². The molecule has 26 heavy (non-hydrogen) atoms. The van der Waals surface area contributed by atoms with Crippen molar-refractivity contribution in [3.05, 3.63) is 0 Å². The molecular weight excluding hydrogens is 443 g/mol. The number of ether oxygens (including phenoxy) is 1. The summed E-state index contributed by atoms with van der Waals surface area (Å²) in [6, 6.07) is 0.596. The van der Waals surface area contributed by atoms with E-state index in [1.165, 1.54) is 6.42 Å². The van der Waals surface area contributed by atoms with Crippen LogP contribution in [0.4, 0.5) is 4.79 Å². The van der Waals surface area contributed by atoms with Crippen LogP contribution in [0.25, 0.3) is 0 Å². The molecule has 7 heteroatoms. The molecule has 0 aromatic heterocycles. The Morgan fingerprint density at radius 3 is 2.31 bits per heavy atom. The van der Waals surface area contributed by atoms with Crippen molar-refractivity contribution in [2.75, 3.05) is 33.2 Å². The predicted octanol–water partition coefficient (Wildman–Crippen LogP) is 3.56. The van der Waals surface area contributed by atoms with Crippen LogP contribution in [0.1, 0.15) is 53.9 Å². The number of hydrogen-bond donors (Lipinski definition) is 1. The Kier molecular flexibility index (Phi) is 8.96. The van der Waals surface area contributed by atoms with E-state index in [0.29, 0.717) is 18.5 Å². The van der Waals surface area contributed by atoms with Gasteiger partial charge in [0.2, 0.25) is 0 Å². The molecule has 1 heterocycles. The highest BCUT2D eigenvalue weighted by Crippen LogP contribution is 2.29. The molecule has 0 bridgehead atoms. The molecule has 1 aliphatic carbocycles. The molecule has 1 aliphatic heterocycles. The second-order valence-corrected chi connectivity index (χ2v) is 8.46. The molecule has 2 fully saturated rings. The van der Waals surface area contributed by atoms with Crippen LogP contribution in [-0.2, 0) is 4.74 Å². The minimum atomic E-state index is -0.439. The average molecular weight is 480 g/mol. The summed E-state index contributed by atoms with van der Waals surface area (Å²) >= 11 is 0. The minimum absolute atomic E-state index is 0. The van der Waals surface area contributed by atoms with E-state index in [1.807, 2.05) is 39.6 Å². The third-order valence-electron chi connectivity index (χ3n) is 5.06. The lowest BCUT2D eigenvalue weighted by Crippen LogP contribution is -2.48. The Labute approximate surface area is 176 Å². The van der Waals surface area contributed by atoms with Gasteiger partial charge in [0.15, 0.2) is 5.96 Å². The number of aliphatic imine (C=N–C) groups is 1. The molecule has 2 rings (SSSR count). The first-order valence-corrected chi connectivity index (χ1v) is 9.69. The zero-order valence-corrected chi connectivity index (χ0v) is 19.6. The molecule has 1 saturated heterocycles. The van der Waals surface area contributed by atoms with Gasteiger partial charge in [-0.15, -0.1) is 24.0 Å². The number of nitrogens with zero attached hydrogens (tertiary/aromatic N) is 3. The Balaban J connectivity index is 0.00000338. The summed E-state index contributed by atoms with van der Waals surface area (Å²) in [6.45, 7) is 13.5. The number of rotatable bonds is 4. The fraction of sp³-hybridized carbons (Fsp3) is 0.895. The predicted molar refractivity (Wildman–Crippen MR) is 117 cm³/mol. The van der Waals surface area contributed by atoms with Gasteiger partial charge < -0.3 is 19.9 Å². The monoisotopic (exact) mass is 480 g/mol. The second-order valence-electron chi connectivity index (χ2n) is 8.46. The van der Waals surface area contributed by atoms with E-state index in [4.69, 9.17) is 4.74 Å². The largest absolute Gasteiger partial charge is 0.444 e. The van der Waals surface area contributed by atoms with E-state index in [1.54, 1.807) is 0 Å². The van der Waals surface area contributed by atoms with Gasteiger partial charge in [-0.2, -0.15) is 0 Å². The van der Waals surface area contributed by atoms with Crippen LogP contribution in [0.3, 0.4) is 0 Å². The maximum atomic E-state index is 12.3. The Morgan fingerprint density at radius 1 is 1.31 bits per heavy atom. The highest BCUT2D eigenvalue weighted by Gasteiger charge is 2.35. The first-order chi connectivity index (χ1) is 11.7. The molecule has 2 aliphatic rings. The summed E-state index contributed by atoms with van der Waals surface area (Å²) in [5, 5.41) is 3.56. The second kappa shape index (κ2) is 9.99. The molecule has 2 atom stereocenters. The van der Waals surface area contributed by atoms with Crippen molar-refractivity contribution in [2.45, 2.75) is 65.5 Å². The van der Waals surface area contributed by atoms with Crippen LogP contribution in [-0.4, -0.2) is 66.7 Å². The summed E-state index contributed by atoms with van der Waals surface area (Å²) in [5.74, 6) is 2.33. The number of piperidine rings is 1. The smallest absolute Gasteiger partial charge is 0.410 e. The van der Waals surface area contributed by atoms with Crippen LogP contribution in [0.5, 0.6) is 0 Å². The highest BCUT2D eigenvalue weighted by atomic mass is 127. The number of halogens is 1.